The molecule has 0 amide bonds. The number of sulfone groups is 1. The second-order valence-corrected chi connectivity index (χ2v) is 6.98. The molecule has 3 rings (SSSR count). The lowest BCUT2D eigenvalue weighted by Crippen LogP contribution is -2.16. The van der Waals surface area contributed by atoms with Crippen LogP contribution in [-0.2, 0) is 16.4 Å². The predicted octanol–water partition coefficient (Wildman–Crippen LogP) is 1.39. The van der Waals surface area contributed by atoms with Crippen LogP contribution in [-0.4, -0.2) is 30.9 Å². The van der Waals surface area contributed by atoms with Crippen LogP contribution in [0.5, 0.6) is 0 Å². The van der Waals surface area contributed by atoms with Crippen LogP contribution in [0.4, 0.5) is 0 Å². The molecule has 20 heavy (non-hydrogen) atoms. The van der Waals surface area contributed by atoms with Gasteiger partial charge in [-0.2, -0.15) is 4.98 Å². The van der Waals surface area contributed by atoms with Crippen molar-refractivity contribution in [1.29, 1.82) is 0 Å². The van der Waals surface area contributed by atoms with E-state index in [1.165, 1.54) is 31.2 Å². The number of nitrogens with zero attached hydrogens (tertiary/aromatic N) is 2. The van der Waals surface area contributed by atoms with Crippen molar-refractivity contribution in [3.8, 4) is 11.5 Å². The fraction of sp³-hybridized carbons (Fsp3) is 0.385. The summed E-state index contributed by atoms with van der Waals surface area (Å²) in [5.74, 6) is 1.01. The number of nitrogens with one attached hydrogen (secondary N) is 1. The van der Waals surface area contributed by atoms with Gasteiger partial charge in [-0.05, 0) is 37.1 Å². The van der Waals surface area contributed by atoms with E-state index in [-0.39, 0.29) is 4.90 Å². The quantitative estimate of drug-likeness (QED) is 0.896. The zero-order chi connectivity index (χ0) is 14.2. The molecule has 0 atom stereocenters. The third kappa shape index (κ3) is 3.05. The minimum Gasteiger partial charge on any atom is -0.334 e. The fourth-order valence-electron chi connectivity index (χ4n) is 1.81. The van der Waals surface area contributed by atoms with Gasteiger partial charge in [-0.15, -0.1) is 0 Å². The Morgan fingerprint density at radius 1 is 1.30 bits per heavy atom. The molecule has 6 nitrogen and oxygen atoms in total. The Kier molecular flexibility index (Phi) is 3.31. The summed E-state index contributed by atoms with van der Waals surface area (Å²) in [6, 6.07) is 7.00. The molecule has 2 aromatic rings. The monoisotopic (exact) mass is 293 g/mol. The van der Waals surface area contributed by atoms with Gasteiger partial charge in [-0.3, -0.25) is 0 Å². The zero-order valence-electron chi connectivity index (χ0n) is 11.0. The molecule has 0 saturated heterocycles. The first kappa shape index (κ1) is 13.3. The highest BCUT2D eigenvalue weighted by Gasteiger charge is 2.21. The van der Waals surface area contributed by atoms with Gasteiger partial charge in [0.05, 0.1) is 11.4 Å². The summed E-state index contributed by atoms with van der Waals surface area (Å²) < 4.78 is 27.9. The van der Waals surface area contributed by atoms with E-state index in [1.54, 1.807) is 12.1 Å². The molecule has 1 aliphatic carbocycles. The van der Waals surface area contributed by atoms with Crippen molar-refractivity contribution in [2.45, 2.75) is 30.3 Å². The van der Waals surface area contributed by atoms with E-state index in [1.807, 2.05) is 0 Å². The molecule has 1 aromatic heterocycles. The van der Waals surface area contributed by atoms with Crippen molar-refractivity contribution in [1.82, 2.24) is 15.5 Å². The van der Waals surface area contributed by atoms with Crippen LogP contribution in [0, 0.1) is 0 Å². The van der Waals surface area contributed by atoms with Gasteiger partial charge >= 0.3 is 0 Å². The minimum absolute atomic E-state index is 0.274. The van der Waals surface area contributed by atoms with Crippen molar-refractivity contribution in [3.05, 3.63) is 30.1 Å². The maximum Gasteiger partial charge on any atom is 0.257 e. The van der Waals surface area contributed by atoms with Crippen LogP contribution >= 0.6 is 0 Å². The van der Waals surface area contributed by atoms with E-state index in [0.29, 0.717) is 29.9 Å². The molecule has 0 unspecified atom stereocenters. The number of aromatic nitrogens is 2. The summed E-state index contributed by atoms with van der Waals surface area (Å²) in [5.41, 5.74) is 0.711. The number of hydrogen-bond donors (Lipinski definition) is 1. The van der Waals surface area contributed by atoms with Gasteiger partial charge in [0.25, 0.3) is 5.89 Å². The van der Waals surface area contributed by atoms with Crippen molar-refractivity contribution >= 4 is 9.84 Å². The van der Waals surface area contributed by atoms with E-state index < -0.39 is 9.84 Å². The molecular formula is C13H15N3O3S. The van der Waals surface area contributed by atoms with Crippen LogP contribution < -0.4 is 5.32 Å². The Morgan fingerprint density at radius 3 is 2.60 bits per heavy atom. The van der Waals surface area contributed by atoms with Crippen molar-refractivity contribution in [2.24, 2.45) is 0 Å². The second kappa shape index (κ2) is 4.99. The number of hydrogen-bond acceptors (Lipinski definition) is 6. The number of benzene rings is 1. The third-order valence-corrected chi connectivity index (χ3v) is 4.25. The molecule has 0 spiro atoms. The smallest absolute Gasteiger partial charge is 0.257 e. The molecule has 106 valence electrons. The summed E-state index contributed by atoms with van der Waals surface area (Å²) in [7, 11) is -3.18. The first-order valence-corrected chi connectivity index (χ1v) is 8.28. The van der Waals surface area contributed by atoms with Crippen LogP contribution in [0.3, 0.4) is 0 Å². The van der Waals surface area contributed by atoms with E-state index in [9.17, 15) is 8.42 Å². The van der Waals surface area contributed by atoms with Crippen molar-refractivity contribution < 1.29 is 12.9 Å². The lowest BCUT2D eigenvalue weighted by molar-refractivity contribution is 0.419. The first-order chi connectivity index (χ1) is 9.52. The maximum absolute atomic E-state index is 11.4. The van der Waals surface area contributed by atoms with Crippen molar-refractivity contribution in [2.75, 3.05) is 6.26 Å². The molecule has 0 radical (unpaired) electrons. The standard InChI is InChI=1S/C13H15N3O3S/c1-20(17,18)11-6-2-9(3-7-11)13-15-12(16-19-13)8-14-10-4-5-10/h2-3,6-7,10,14H,4-5,8H2,1H3. The summed E-state index contributed by atoms with van der Waals surface area (Å²) in [4.78, 5) is 4.56. The molecule has 0 bridgehead atoms. The zero-order valence-corrected chi connectivity index (χ0v) is 11.9. The van der Waals surface area contributed by atoms with Gasteiger partial charge in [0.1, 0.15) is 0 Å². The lowest BCUT2D eigenvalue weighted by atomic mass is 10.2. The van der Waals surface area contributed by atoms with E-state index >= 15 is 0 Å². The highest BCUT2D eigenvalue weighted by atomic mass is 32.2. The molecule has 0 aliphatic heterocycles. The molecule has 1 saturated carbocycles. The van der Waals surface area contributed by atoms with Crippen LogP contribution in [0.15, 0.2) is 33.7 Å². The normalized spacial score (nSPS) is 15.4. The molecule has 1 fully saturated rings. The van der Waals surface area contributed by atoms with Gasteiger partial charge in [0.15, 0.2) is 15.7 Å². The lowest BCUT2D eigenvalue weighted by Gasteiger charge is -1.98. The van der Waals surface area contributed by atoms with Gasteiger partial charge in [-0.1, -0.05) is 5.16 Å². The third-order valence-electron chi connectivity index (χ3n) is 3.12. The predicted molar refractivity (Wildman–Crippen MR) is 72.7 cm³/mol. The Hall–Kier alpha value is -1.73. The Balaban J connectivity index is 1.75. The largest absolute Gasteiger partial charge is 0.334 e. The molecular weight excluding hydrogens is 278 g/mol. The fourth-order valence-corrected chi connectivity index (χ4v) is 2.44. The highest BCUT2D eigenvalue weighted by molar-refractivity contribution is 7.90. The van der Waals surface area contributed by atoms with E-state index in [2.05, 4.69) is 15.5 Å². The molecule has 1 heterocycles. The second-order valence-electron chi connectivity index (χ2n) is 4.97. The maximum atomic E-state index is 11.4. The molecule has 1 aromatic carbocycles. The van der Waals surface area contributed by atoms with Gasteiger partial charge in [0, 0.05) is 17.9 Å². The average molecular weight is 293 g/mol. The Morgan fingerprint density at radius 2 is 2.00 bits per heavy atom. The van der Waals surface area contributed by atoms with E-state index in [0.717, 1.165) is 0 Å². The highest BCUT2D eigenvalue weighted by Crippen LogP contribution is 2.21. The van der Waals surface area contributed by atoms with Crippen LogP contribution in [0.25, 0.3) is 11.5 Å². The van der Waals surface area contributed by atoms with Crippen molar-refractivity contribution in [3.63, 3.8) is 0 Å². The van der Waals surface area contributed by atoms with E-state index in [4.69, 9.17) is 4.52 Å². The first-order valence-electron chi connectivity index (χ1n) is 6.39. The summed E-state index contributed by atoms with van der Waals surface area (Å²) in [6.45, 7) is 0.593. The molecule has 1 N–H and O–H groups in total. The van der Waals surface area contributed by atoms with Gasteiger partial charge in [0.2, 0.25) is 0 Å². The Labute approximate surface area is 117 Å². The molecule has 7 heteroatoms. The minimum atomic E-state index is -3.18. The molecule has 1 aliphatic rings. The Bertz CT molecular complexity index is 703. The summed E-state index contributed by atoms with van der Waals surface area (Å²) >= 11 is 0. The SMILES string of the molecule is CS(=O)(=O)c1ccc(-c2nc(CNC3CC3)no2)cc1. The average Bonchev–Trinajstić information content (AvgIpc) is 3.13. The van der Waals surface area contributed by atoms with Gasteiger partial charge in [-0.25, -0.2) is 8.42 Å². The number of rotatable bonds is 5. The van der Waals surface area contributed by atoms with Crippen LogP contribution in [0.1, 0.15) is 18.7 Å². The summed E-state index contributed by atoms with van der Waals surface area (Å²) in [6.07, 6.45) is 3.59. The van der Waals surface area contributed by atoms with Gasteiger partial charge < -0.3 is 9.84 Å². The van der Waals surface area contributed by atoms with Crippen LogP contribution in [0.2, 0.25) is 0 Å². The topological polar surface area (TPSA) is 85.1 Å². The summed E-state index contributed by atoms with van der Waals surface area (Å²) in [5, 5.41) is 7.20.